The Bertz CT molecular complexity index is 735. The summed E-state index contributed by atoms with van der Waals surface area (Å²) in [7, 11) is 1.44. The SMILES string of the molecule is CCc1cc(N2CCC(C)(C(=O)OC)C2)nc(-c2ccncc2)n1. The van der Waals surface area contributed by atoms with Crippen LogP contribution >= 0.6 is 0 Å². The van der Waals surface area contributed by atoms with Crippen molar-refractivity contribution in [3.8, 4) is 11.4 Å². The van der Waals surface area contributed by atoms with E-state index in [1.807, 2.05) is 25.1 Å². The van der Waals surface area contributed by atoms with Gasteiger partial charge in [-0.2, -0.15) is 0 Å². The summed E-state index contributed by atoms with van der Waals surface area (Å²) in [6, 6.07) is 5.82. The summed E-state index contributed by atoms with van der Waals surface area (Å²) in [5.74, 6) is 1.39. The molecular weight excluding hydrogens is 304 g/mol. The van der Waals surface area contributed by atoms with Crippen LogP contribution in [0.4, 0.5) is 5.82 Å². The highest BCUT2D eigenvalue weighted by Crippen LogP contribution is 2.34. The molecule has 3 rings (SSSR count). The Labute approximate surface area is 141 Å². The monoisotopic (exact) mass is 326 g/mol. The number of carbonyl (C=O) groups is 1. The zero-order valence-electron chi connectivity index (χ0n) is 14.3. The number of rotatable bonds is 4. The number of hydrogen-bond acceptors (Lipinski definition) is 6. The molecule has 6 nitrogen and oxygen atoms in total. The van der Waals surface area contributed by atoms with Gasteiger partial charge in [0.2, 0.25) is 0 Å². The molecule has 0 aliphatic carbocycles. The largest absolute Gasteiger partial charge is 0.469 e. The van der Waals surface area contributed by atoms with E-state index in [-0.39, 0.29) is 5.97 Å². The molecule has 1 aliphatic heterocycles. The Kier molecular flexibility index (Phi) is 4.46. The van der Waals surface area contributed by atoms with E-state index in [1.54, 1.807) is 12.4 Å². The lowest BCUT2D eigenvalue weighted by Gasteiger charge is -2.23. The molecule has 0 radical (unpaired) electrons. The van der Waals surface area contributed by atoms with Crippen LogP contribution in [0.5, 0.6) is 0 Å². The number of ether oxygens (including phenoxy) is 1. The Balaban J connectivity index is 1.93. The smallest absolute Gasteiger partial charge is 0.313 e. The van der Waals surface area contributed by atoms with E-state index in [0.29, 0.717) is 12.4 Å². The molecule has 0 N–H and O–H groups in total. The van der Waals surface area contributed by atoms with Crippen LogP contribution in [0.3, 0.4) is 0 Å². The van der Waals surface area contributed by atoms with Gasteiger partial charge in [-0.05, 0) is 31.9 Å². The highest BCUT2D eigenvalue weighted by molar-refractivity contribution is 5.78. The average Bonchev–Trinajstić information content (AvgIpc) is 3.05. The Morgan fingerprint density at radius 3 is 2.75 bits per heavy atom. The summed E-state index contributed by atoms with van der Waals surface area (Å²) < 4.78 is 4.95. The van der Waals surface area contributed by atoms with Gasteiger partial charge in [0.25, 0.3) is 0 Å². The Hall–Kier alpha value is -2.50. The predicted octanol–water partition coefficient (Wildman–Crippen LogP) is 2.49. The molecule has 1 saturated heterocycles. The molecule has 0 bridgehead atoms. The lowest BCUT2D eigenvalue weighted by Crippen LogP contribution is -2.33. The van der Waals surface area contributed by atoms with Crippen molar-refractivity contribution in [3.05, 3.63) is 36.3 Å². The van der Waals surface area contributed by atoms with Gasteiger partial charge in [-0.1, -0.05) is 6.92 Å². The van der Waals surface area contributed by atoms with Crippen molar-refractivity contribution >= 4 is 11.8 Å². The number of carbonyl (C=O) groups excluding carboxylic acids is 1. The minimum absolute atomic E-state index is 0.163. The number of hydrogen-bond donors (Lipinski definition) is 0. The van der Waals surface area contributed by atoms with E-state index < -0.39 is 5.41 Å². The Morgan fingerprint density at radius 2 is 2.08 bits per heavy atom. The molecule has 2 aromatic heterocycles. The van der Waals surface area contributed by atoms with Crippen LogP contribution in [0.1, 0.15) is 26.0 Å². The van der Waals surface area contributed by atoms with Crippen LogP contribution in [0.25, 0.3) is 11.4 Å². The first-order valence-electron chi connectivity index (χ1n) is 8.17. The molecule has 0 saturated carbocycles. The van der Waals surface area contributed by atoms with Crippen LogP contribution in [-0.2, 0) is 16.0 Å². The normalized spacial score (nSPS) is 20.2. The summed E-state index contributed by atoms with van der Waals surface area (Å²) in [5, 5.41) is 0. The third-order valence-corrected chi connectivity index (χ3v) is 4.54. The topological polar surface area (TPSA) is 68.2 Å². The summed E-state index contributed by atoms with van der Waals surface area (Å²) >= 11 is 0. The molecule has 1 atom stereocenters. The molecular formula is C18H22N4O2. The minimum atomic E-state index is -0.483. The fourth-order valence-corrected chi connectivity index (χ4v) is 3.03. The molecule has 1 fully saturated rings. The number of aromatic nitrogens is 3. The molecule has 126 valence electrons. The lowest BCUT2D eigenvalue weighted by molar-refractivity contribution is -0.150. The first-order valence-corrected chi connectivity index (χ1v) is 8.17. The van der Waals surface area contributed by atoms with Gasteiger partial charge in [-0.25, -0.2) is 9.97 Å². The maximum Gasteiger partial charge on any atom is 0.313 e. The Morgan fingerprint density at radius 1 is 1.33 bits per heavy atom. The van der Waals surface area contributed by atoms with E-state index in [0.717, 1.165) is 36.5 Å². The molecule has 0 amide bonds. The molecule has 1 unspecified atom stereocenters. The predicted molar refractivity (Wildman–Crippen MR) is 91.6 cm³/mol. The van der Waals surface area contributed by atoms with Gasteiger partial charge < -0.3 is 9.64 Å². The second-order valence-corrected chi connectivity index (χ2v) is 6.35. The van der Waals surface area contributed by atoms with E-state index >= 15 is 0 Å². The van der Waals surface area contributed by atoms with Gasteiger partial charge in [0.05, 0.1) is 12.5 Å². The average molecular weight is 326 g/mol. The van der Waals surface area contributed by atoms with Crippen molar-refractivity contribution in [3.63, 3.8) is 0 Å². The number of methoxy groups -OCH3 is 1. The van der Waals surface area contributed by atoms with Gasteiger partial charge in [0.1, 0.15) is 5.82 Å². The van der Waals surface area contributed by atoms with E-state index in [4.69, 9.17) is 9.72 Å². The van der Waals surface area contributed by atoms with Gasteiger partial charge >= 0.3 is 5.97 Å². The zero-order valence-corrected chi connectivity index (χ0v) is 14.3. The van der Waals surface area contributed by atoms with Gasteiger partial charge in [0.15, 0.2) is 5.82 Å². The first kappa shape index (κ1) is 16.4. The van der Waals surface area contributed by atoms with Crippen molar-refractivity contribution < 1.29 is 9.53 Å². The van der Waals surface area contributed by atoms with Crippen molar-refractivity contribution in [1.82, 2.24) is 15.0 Å². The fourth-order valence-electron chi connectivity index (χ4n) is 3.03. The quantitative estimate of drug-likeness (QED) is 0.804. The molecule has 24 heavy (non-hydrogen) atoms. The van der Waals surface area contributed by atoms with Crippen molar-refractivity contribution in [2.75, 3.05) is 25.1 Å². The third kappa shape index (κ3) is 3.09. The van der Waals surface area contributed by atoms with Crippen LogP contribution in [0.15, 0.2) is 30.6 Å². The summed E-state index contributed by atoms with van der Waals surface area (Å²) in [6.07, 6.45) is 5.06. The van der Waals surface area contributed by atoms with Crippen molar-refractivity contribution in [2.24, 2.45) is 5.41 Å². The maximum atomic E-state index is 12.0. The molecule has 1 aliphatic rings. The van der Waals surface area contributed by atoms with Crippen LogP contribution in [0, 0.1) is 5.41 Å². The van der Waals surface area contributed by atoms with E-state index in [1.165, 1.54) is 7.11 Å². The molecule has 2 aromatic rings. The highest BCUT2D eigenvalue weighted by Gasteiger charge is 2.42. The highest BCUT2D eigenvalue weighted by atomic mass is 16.5. The van der Waals surface area contributed by atoms with Crippen molar-refractivity contribution in [2.45, 2.75) is 26.7 Å². The standard InChI is InChI=1S/C18H22N4O2/c1-4-14-11-15(21-16(20-14)13-5-8-19-9-6-13)22-10-7-18(2,12-22)17(23)24-3/h5-6,8-9,11H,4,7,10,12H2,1-3H3. The second kappa shape index (κ2) is 6.55. The van der Waals surface area contributed by atoms with Crippen LogP contribution in [0.2, 0.25) is 0 Å². The summed E-state index contributed by atoms with van der Waals surface area (Å²) in [4.78, 5) is 27.6. The molecule has 0 aromatic carbocycles. The number of aryl methyl sites for hydroxylation is 1. The molecule has 0 spiro atoms. The summed E-state index contributed by atoms with van der Waals surface area (Å²) in [6.45, 7) is 5.41. The van der Waals surface area contributed by atoms with Crippen LogP contribution < -0.4 is 4.90 Å². The van der Waals surface area contributed by atoms with Gasteiger partial charge in [-0.3, -0.25) is 9.78 Å². The number of pyridine rings is 1. The zero-order chi connectivity index (χ0) is 17.2. The third-order valence-electron chi connectivity index (χ3n) is 4.54. The van der Waals surface area contributed by atoms with Gasteiger partial charge in [-0.15, -0.1) is 0 Å². The van der Waals surface area contributed by atoms with Crippen LogP contribution in [-0.4, -0.2) is 41.1 Å². The lowest BCUT2D eigenvalue weighted by atomic mass is 9.90. The van der Waals surface area contributed by atoms with E-state index in [2.05, 4.69) is 21.8 Å². The number of anilines is 1. The minimum Gasteiger partial charge on any atom is -0.469 e. The molecule has 6 heteroatoms. The van der Waals surface area contributed by atoms with Crippen molar-refractivity contribution in [1.29, 1.82) is 0 Å². The number of nitrogens with zero attached hydrogens (tertiary/aromatic N) is 4. The fraction of sp³-hybridized carbons (Fsp3) is 0.444. The number of esters is 1. The van der Waals surface area contributed by atoms with E-state index in [9.17, 15) is 4.79 Å². The first-order chi connectivity index (χ1) is 11.6. The summed E-state index contributed by atoms with van der Waals surface area (Å²) in [5.41, 5.74) is 1.44. The second-order valence-electron chi connectivity index (χ2n) is 6.35. The molecule has 3 heterocycles. The maximum absolute atomic E-state index is 12.0. The van der Waals surface area contributed by atoms with Gasteiger partial charge in [0, 0.05) is 42.8 Å².